The van der Waals surface area contributed by atoms with Crippen LogP contribution in [-0.2, 0) is 0 Å². The molecule has 0 saturated carbocycles. The monoisotopic (exact) mass is 351 g/mol. The van der Waals surface area contributed by atoms with E-state index in [2.05, 4.69) is 15.3 Å². The van der Waals surface area contributed by atoms with E-state index in [4.69, 9.17) is 11.6 Å². The number of amides is 1. The Balaban J connectivity index is 1.72. The Morgan fingerprint density at radius 1 is 1.08 bits per heavy atom. The van der Waals surface area contributed by atoms with E-state index >= 15 is 0 Å². The Bertz CT molecular complexity index is 889. The first-order chi connectivity index (χ1) is 12.1. The first-order valence-electron chi connectivity index (χ1n) is 7.47. The Morgan fingerprint density at radius 2 is 1.88 bits per heavy atom. The molecule has 0 bridgehead atoms. The molecule has 0 unspecified atom stereocenters. The number of nitrogens with one attached hydrogen (secondary N) is 1. The number of aromatic nitrogens is 1. The second kappa shape index (κ2) is 7.59. The van der Waals surface area contributed by atoms with Crippen LogP contribution in [-0.4, -0.2) is 22.2 Å². The van der Waals surface area contributed by atoms with Crippen molar-refractivity contribution in [1.82, 2.24) is 4.98 Å². The van der Waals surface area contributed by atoms with Crippen molar-refractivity contribution in [3.05, 3.63) is 83.0 Å². The molecule has 3 aromatic rings. The minimum absolute atomic E-state index is 0.0580. The number of halogens is 1. The fourth-order valence-corrected chi connectivity index (χ4v) is 2.33. The molecule has 0 aliphatic heterocycles. The molecule has 0 aliphatic carbocycles. The van der Waals surface area contributed by atoms with Gasteiger partial charge in [-0.3, -0.25) is 9.79 Å². The number of carbonyl (C=O) groups is 1. The minimum atomic E-state index is -0.252. The highest BCUT2D eigenvalue weighted by Gasteiger charge is 2.06. The molecule has 3 rings (SSSR count). The molecule has 0 radical (unpaired) electrons. The van der Waals surface area contributed by atoms with Gasteiger partial charge in [-0.05, 0) is 48.5 Å². The quantitative estimate of drug-likeness (QED) is 0.682. The first kappa shape index (κ1) is 16.7. The number of phenolic OH excluding ortho intramolecular Hbond substituents is 1. The van der Waals surface area contributed by atoms with Crippen LogP contribution in [0.3, 0.4) is 0 Å². The van der Waals surface area contributed by atoms with Gasteiger partial charge < -0.3 is 10.4 Å². The summed E-state index contributed by atoms with van der Waals surface area (Å²) in [4.78, 5) is 20.5. The van der Waals surface area contributed by atoms with Gasteiger partial charge >= 0.3 is 0 Å². The van der Waals surface area contributed by atoms with Gasteiger partial charge in [0.2, 0.25) is 0 Å². The molecule has 5 nitrogen and oxygen atoms in total. The molecule has 0 fully saturated rings. The predicted octanol–water partition coefficient (Wildman–Crippen LogP) is 4.44. The number of phenols is 1. The molecule has 124 valence electrons. The summed E-state index contributed by atoms with van der Waals surface area (Å²) in [5.74, 6) is 0.296. The number of carbonyl (C=O) groups excluding carboxylic acids is 1. The molecule has 0 saturated heterocycles. The van der Waals surface area contributed by atoms with Crippen LogP contribution < -0.4 is 5.32 Å². The van der Waals surface area contributed by atoms with Crippen LogP contribution in [0.4, 0.5) is 11.5 Å². The van der Waals surface area contributed by atoms with Gasteiger partial charge in [-0.15, -0.1) is 0 Å². The van der Waals surface area contributed by atoms with E-state index in [9.17, 15) is 9.90 Å². The second-order valence-electron chi connectivity index (χ2n) is 5.15. The summed E-state index contributed by atoms with van der Waals surface area (Å²) in [7, 11) is 0. The van der Waals surface area contributed by atoms with Gasteiger partial charge in [0.15, 0.2) is 0 Å². The lowest BCUT2D eigenvalue weighted by atomic mass is 10.2. The Labute approximate surface area is 149 Å². The molecule has 0 aliphatic rings. The number of aliphatic imine (C=N–C) groups is 1. The zero-order chi connectivity index (χ0) is 17.6. The van der Waals surface area contributed by atoms with Crippen LogP contribution >= 0.6 is 11.6 Å². The van der Waals surface area contributed by atoms with Crippen LogP contribution in [0.5, 0.6) is 5.75 Å². The number of rotatable bonds is 4. The highest BCUT2D eigenvalue weighted by molar-refractivity contribution is 6.33. The summed E-state index contributed by atoms with van der Waals surface area (Å²) in [5, 5.41) is 12.9. The first-order valence-corrected chi connectivity index (χ1v) is 7.85. The number of pyridine rings is 1. The molecule has 0 atom stereocenters. The van der Waals surface area contributed by atoms with Crippen LogP contribution in [0.15, 0.2) is 71.9 Å². The normalized spacial score (nSPS) is 10.8. The summed E-state index contributed by atoms with van der Waals surface area (Å²) in [6.07, 6.45) is 3.10. The third kappa shape index (κ3) is 4.22. The molecular weight excluding hydrogens is 338 g/mol. The number of aromatic hydroxyl groups is 1. The molecule has 2 aromatic carbocycles. The van der Waals surface area contributed by atoms with E-state index in [-0.39, 0.29) is 11.7 Å². The third-order valence-corrected chi connectivity index (χ3v) is 3.74. The van der Waals surface area contributed by atoms with Crippen molar-refractivity contribution < 1.29 is 9.90 Å². The van der Waals surface area contributed by atoms with E-state index in [1.54, 1.807) is 60.8 Å². The minimum Gasteiger partial charge on any atom is -0.507 e. The maximum atomic E-state index is 12.2. The van der Waals surface area contributed by atoms with Gasteiger partial charge in [-0.1, -0.05) is 23.7 Å². The Kier molecular flexibility index (Phi) is 5.06. The van der Waals surface area contributed by atoms with Crippen molar-refractivity contribution in [1.29, 1.82) is 0 Å². The molecule has 2 N–H and O–H groups in total. The smallest absolute Gasteiger partial charge is 0.256 e. The van der Waals surface area contributed by atoms with Gasteiger partial charge in [-0.25, -0.2) is 4.98 Å². The SMILES string of the molecule is O=C(Nc1ccccn1)c1ccc(N=Cc2c(O)cccc2Cl)cc1. The number of hydrogen-bond acceptors (Lipinski definition) is 4. The molecule has 1 heterocycles. The van der Waals surface area contributed by atoms with E-state index in [1.807, 2.05) is 0 Å². The summed E-state index contributed by atoms with van der Waals surface area (Å²) < 4.78 is 0. The van der Waals surface area contributed by atoms with Crippen molar-refractivity contribution in [2.45, 2.75) is 0 Å². The van der Waals surface area contributed by atoms with Crippen LogP contribution in [0.1, 0.15) is 15.9 Å². The lowest BCUT2D eigenvalue weighted by Crippen LogP contribution is -2.12. The van der Waals surface area contributed by atoms with Crippen LogP contribution in [0, 0.1) is 0 Å². The van der Waals surface area contributed by atoms with Gasteiger partial charge in [0, 0.05) is 18.0 Å². The van der Waals surface area contributed by atoms with E-state index in [0.717, 1.165) is 0 Å². The number of benzene rings is 2. The molecule has 1 amide bonds. The zero-order valence-corrected chi connectivity index (χ0v) is 13.8. The average Bonchev–Trinajstić information content (AvgIpc) is 2.62. The van der Waals surface area contributed by atoms with E-state index in [0.29, 0.717) is 27.7 Å². The summed E-state index contributed by atoms with van der Waals surface area (Å²) in [6, 6.07) is 16.9. The molecule has 25 heavy (non-hydrogen) atoms. The van der Waals surface area contributed by atoms with Crippen molar-refractivity contribution in [3.8, 4) is 5.75 Å². The zero-order valence-electron chi connectivity index (χ0n) is 13.1. The predicted molar refractivity (Wildman–Crippen MR) is 99.0 cm³/mol. The third-order valence-electron chi connectivity index (χ3n) is 3.41. The van der Waals surface area contributed by atoms with Crippen LogP contribution in [0.25, 0.3) is 0 Å². The second-order valence-corrected chi connectivity index (χ2v) is 5.55. The highest BCUT2D eigenvalue weighted by atomic mass is 35.5. The van der Waals surface area contributed by atoms with Crippen molar-refractivity contribution in [2.24, 2.45) is 4.99 Å². The largest absolute Gasteiger partial charge is 0.507 e. The van der Waals surface area contributed by atoms with Gasteiger partial charge in [0.05, 0.1) is 16.3 Å². The maximum absolute atomic E-state index is 12.2. The molecule has 6 heteroatoms. The fraction of sp³-hybridized carbons (Fsp3) is 0. The molecule has 0 spiro atoms. The Morgan fingerprint density at radius 3 is 2.56 bits per heavy atom. The van der Waals surface area contributed by atoms with Crippen molar-refractivity contribution in [2.75, 3.05) is 5.32 Å². The standard InChI is InChI=1S/C19H14ClN3O2/c20-16-4-3-5-17(24)15(16)12-22-14-9-7-13(8-10-14)19(25)23-18-6-1-2-11-21-18/h1-12,24H,(H,21,23,25). The Hall–Kier alpha value is -3.18. The summed E-state index contributed by atoms with van der Waals surface area (Å²) >= 11 is 6.03. The van der Waals surface area contributed by atoms with Gasteiger partial charge in [-0.2, -0.15) is 0 Å². The lowest BCUT2D eigenvalue weighted by Gasteiger charge is -2.04. The van der Waals surface area contributed by atoms with E-state index in [1.165, 1.54) is 12.3 Å². The van der Waals surface area contributed by atoms with Crippen molar-refractivity contribution >= 4 is 35.2 Å². The number of anilines is 1. The van der Waals surface area contributed by atoms with E-state index < -0.39 is 0 Å². The number of nitrogens with zero attached hydrogens (tertiary/aromatic N) is 2. The lowest BCUT2D eigenvalue weighted by molar-refractivity contribution is 0.102. The summed E-state index contributed by atoms with van der Waals surface area (Å²) in [6.45, 7) is 0. The van der Waals surface area contributed by atoms with Gasteiger partial charge in [0.1, 0.15) is 11.6 Å². The van der Waals surface area contributed by atoms with Crippen LogP contribution in [0.2, 0.25) is 5.02 Å². The molecular formula is C19H14ClN3O2. The summed E-state index contributed by atoms with van der Waals surface area (Å²) in [5.41, 5.74) is 1.57. The molecule has 1 aromatic heterocycles. The number of hydrogen-bond donors (Lipinski definition) is 2. The maximum Gasteiger partial charge on any atom is 0.256 e. The highest BCUT2D eigenvalue weighted by Crippen LogP contribution is 2.24. The fourth-order valence-electron chi connectivity index (χ4n) is 2.12. The van der Waals surface area contributed by atoms with Gasteiger partial charge in [0.25, 0.3) is 5.91 Å². The average molecular weight is 352 g/mol. The topological polar surface area (TPSA) is 74.6 Å². The van der Waals surface area contributed by atoms with Crippen molar-refractivity contribution in [3.63, 3.8) is 0 Å².